The number of piperidine rings is 1. The van der Waals surface area contributed by atoms with Crippen LogP contribution in [0.1, 0.15) is 23.5 Å². The lowest BCUT2D eigenvalue weighted by Gasteiger charge is -2.30. The first-order valence-electron chi connectivity index (χ1n) is 9.18. The average molecular weight is 426 g/mol. The van der Waals surface area contributed by atoms with Gasteiger partial charge in [-0.3, -0.25) is 14.5 Å². The first-order chi connectivity index (χ1) is 13.8. The molecule has 3 rings (SSSR count). The molecule has 1 aromatic carbocycles. The van der Waals surface area contributed by atoms with E-state index in [2.05, 4.69) is 20.5 Å². The Hall–Kier alpha value is -2.46. The van der Waals surface area contributed by atoms with Gasteiger partial charge in [0.25, 0.3) is 0 Å². The lowest BCUT2D eigenvalue weighted by molar-refractivity contribution is -0.128. The molecule has 0 radical (unpaired) electrons. The van der Waals surface area contributed by atoms with E-state index in [-0.39, 0.29) is 18.4 Å². The van der Waals surface area contributed by atoms with E-state index in [0.29, 0.717) is 18.9 Å². The van der Waals surface area contributed by atoms with Gasteiger partial charge < -0.3 is 10.6 Å². The SMILES string of the molecule is Cc1nc(CN2CCC(C(=O)NCC(=O)Nc3ccc(F)c(F)c3F)CC2)cs1. The molecular weight excluding hydrogens is 405 g/mol. The number of nitrogens with zero attached hydrogens (tertiary/aromatic N) is 2. The molecular formula is C19H21F3N4O2S. The van der Waals surface area contributed by atoms with E-state index < -0.39 is 29.0 Å². The Balaban J connectivity index is 1.42. The van der Waals surface area contributed by atoms with E-state index in [4.69, 9.17) is 0 Å². The topological polar surface area (TPSA) is 74.3 Å². The third kappa shape index (κ3) is 5.54. The third-order valence-corrected chi connectivity index (χ3v) is 5.57. The largest absolute Gasteiger partial charge is 0.347 e. The summed E-state index contributed by atoms with van der Waals surface area (Å²) in [5, 5.41) is 7.69. The van der Waals surface area contributed by atoms with Gasteiger partial charge >= 0.3 is 0 Å². The highest BCUT2D eigenvalue weighted by atomic mass is 32.1. The second-order valence-electron chi connectivity index (χ2n) is 6.90. The Bertz CT molecular complexity index is 898. The van der Waals surface area contributed by atoms with E-state index in [9.17, 15) is 22.8 Å². The molecule has 1 aliphatic heterocycles. The molecule has 1 aliphatic rings. The van der Waals surface area contributed by atoms with E-state index >= 15 is 0 Å². The number of carbonyl (C=O) groups excluding carboxylic acids is 2. The highest BCUT2D eigenvalue weighted by Crippen LogP contribution is 2.21. The number of anilines is 1. The van der Waals surface area contributed by atoms with Crippen LogP contribution in [0.25, 0.3) is 0 Å². The fourth-order valence-electron chi connectivity index (χ4n) is 3.19. The number of hydrogen-bond donors (Lipinski definition) is 2. The van der Waals surface area contributed by atoms with Gasteiger partial charge in [-0.2, -0.15) is 0 Å². The third-order valence-electron chi connectivity index (χ3n) is 4.74. The maximum absolute atomic E-state index is 13.6. The maximum atomic E-state index is 13.6. The normalized spacial score (nSPS) is 15.3. The molecule has 0 atom stereocenters. The van der Waals surface area contributed by atoms with Gasteiger partial charge in [-0.25, -0.2) is 18.2 Å². The molecule has 29 heavy (non-hydrogen) atoms. The number of carbonyl (C=O) groups is 2. The van der Waals surface area contributed by atoms with Gasteiger partial charge in [-0.05, 0) is 45.0 Å². The number of aromatic nitrogens is 1. The number of thiazole rings is 1. The zero-order valence-corrected chi connectivity index (χ0v) is 16.6. The summed E-state index contributed by atoms with van der Waals surface area (Å²) in [4.78, 5) is 30.8. The highest BCUT2D eigenvalue weighted by molar-refractivity contribution is 7.09. The van der Waals surface area contributed by atoms with Crippen LogP contribution in [0.15, 0.2) is 17.5 Å². The summed E-state index contributed by atoms with van der Waals surface area (Å²) in [5.41, 5.74) is 0.547. The molecule has 2 heterocycles. The molecule has 2 amide bonds. The number of aryl methyl sites for hydroxylation is 1. The molecule has 2 N–H and O–H groups in total. The monoisotopic (exact) mass is 426 g/mol. The van der Waals surface area contributed by atoms with Crippen LogP contribution in [0.5, 0.6) is 0 Å². The van der Waals surface area contributed by atoms with Gasteiger partial charge in [-0.1, -0.05) is 0 Å². The lowest BCUT2D eigenvalue weighted by atomic mass is 9.96. The van der Waals surface area contributed by atoms with Crippen molar-refractivity contribution in [3.05, 3.63) is 45.7 Å². The predicted molar refractivity (Wildman–Crippen MR) is 103 cm³/mol. The molecule has 10 heteroatoms. The second-order valence-corrected chi connectivity index (χ2v) is 7.96. The van der Waals surface area contributed by atoms with E-state index in [1.807, 2.05) is 12.3 Å². The average Bonchev–Trinajstić information content (AvgIpc) is 3.12. The number of amides is 2. The Kier molecular flexibility index (Phi) is 6.86. The summed E-state index contributed by atoms with van der Waals surface area (Å²) >= 11 is 1.61. The summed E-state index contributed by atoms with van der Waals surface area (Å²) < 4.78 is 39.7. The van der Waals surface area contributed by atoms with E-state index in [1.54, 1.807) is 11.3 Å². The van der Waals surface area contributed by atoms with Crippen molar-refractivity contribution in [2.24, 2.45) is 5.92 Å². The summed E-state index contributed by atoms with van der Waals surface area (Å²) in [6.07, 6.45) is 1.32. The van der Waals surface area contributed by atoms with Gasteiger partial charge in [0.2, 0.25) is 11.8 Å². The molecule has 1 fully saturated rings. The van der Waals surface area contributed by atoms with Crippen LogP contribution in [0.3, 0.4) is 0 Å². The minimum Gasteiger partial charge on any atom is -0.347 e. The number of benzene rings is 1. The number of nitrogens with one attached hydrogen (secondary N) is 2. The Morgan fingerprint density at radius 3 is 2.59 bits per heavy atom. The fraction of sp³-hybridized carbons (Fsp3) is 0.421. The highest BCUT2D eigenvalue weighted by Gasteiger charge is 2.25. The van der Waals surface area contributed by atoms with Gasteiger partial charge in [0, 0.05) is 17.8 Å². The van der Waals surface area contributed by atoms with Crippen LogP contribution in [-0.2, 0) is 16.1 Å². The van der Waals surface area contributed by atoms with E-state index in [1.165, 1.54) is 0 Å². The van der Waals surface area contributed by atoms with Crippen molar-refractivity contribution < 1.29 is 22.8 Å². The number of likely N-dealkylation sites (tertiary alicyclic amines) is 1. The van der Waals surface area contributed by atoms with Crippen LogP contribution in [0.4, 0.5) is 18.9 Å². The summed E-state index contributed by atoms with van der Waals surface area (Å²) in [7, 11) is 0. The molecule has 2 aromatic rings. The number of halogens is 3. The first kappa shape index (κ1) is 21.3. The van der Waals surface area contributed by atoms with Crippen molar-refractivity contribution in [2.45, 2.75) is 26.3 Å². The van der Waals surface area contributed by atoms with Gasteiger partial charge in [0.1, 0.15) is 0 Å². The minimum absolute atomic E-state index is 0.212. The molecule has 6 nitrogen and oxygen atoms in total. The van der Waals surface area contributed by atoms with Crippen molar-refractivity contribution in [2.75, 3.05) is 25.0 Å². The number of rotatable bonds is 6. The van der Waals surface area contributed by atoms with Gasteiger partial charge in [-0.15, -0.1) is 11.3 Å². The molecule has 0 saturated carbocycles. The Labute approximate surface area is 170 Å². The second kappa shape index (κ2) is 9.36. The standard InChI is InChI=1S/C19H21F3N4O2S/c1-11-24-13(10-29-11)9-26-6-4-12(5-7-26)19(28)23-8-16(27)25-15-3-2-14(20)17(21)18(15)22/h2-3,10,12H,4-9H2,1H3,(H,23,28)(H,25,27). The molecule has 1 aromatic heterocycles. The maximum Gasteiger partial charge on any atom is 0.243 e. The molecule has 1 saturated heterocycles. The predicted octanol–water partition coefficient (Wildman–Crippen LogP) is 2.84. The van der Waals surface area contributed by atoms with Crippen LogP contribution < -0.4 is 10.6 Å². The zero-order valence-electron chi connectivity index (χ0n) is 15.8. The summed E-state index contributed by atoms with van der Waals surface area (Å²) in [6.45, 7) is 3.83. The number of hydrogen-bond acceptors (Lipinski definition) is 5. The molecule has 0 unspecified atom stereocenters. The fourth-order valence-corrected chi connectivity index (χ4v) is 3.80. The molecule has 156 valence electrons. The quantitative estimate of drug-likeness (QED) is 0.697. The van der Waals surface area contributed by atoms with Gasteiger partial charge in [0.15, 0.2) is 17.5 Å². The van der Waals surface area contributed by atoms with Crippen molar-refractivity contribution in [3.8, 4) is 0 Å². The summed E-state index contributed by atoms with van der Waals surface area (Å²) in [5.74, 6) is -5.67. The van der Waals surface area contributed by atoms with Crippen molar-refractivity contribution in [1.29, 1.82) is 0 Å². The van der Waals surface area contributed by atoms with Crippen LogP contribution in [-0.4, -0.2) is 41.3 Å². The molecule has 0 aliphatic carbocycles. The van der Waals surface area contributed by atoms with Crippen LogP contribution >= 0.6 is 11.3 Å². The first-order valence-corrected chi connectivity index (χ1v) is 10.1. The lowest BCUT2D eigenvalue weighted by Crippen LogP contribution is -2.42. The minimum atomic E-state index is -1.66. The Morgan fingerprint density at radius 2 is 1.93 bits per heavy atom. The van der Waals surface area contributed by atoms with Crippen molar-refractivity contribution in [1.82, 2.24) is 15.2 Å². The Morgan fingerprint density at radius 1 is 1.21 bits per heavy atom. The van der Waals surface area contributed by atoms with Crippen LogP contribution in [0.2, 0.25) is 0 Å². The van der Waals surface area contributed by atoms with Crippen LogP contribution in [0, 0.1) is 30.3 Å². The molecule has 0 spiro atoms. The smallest absolute Gasteiger partial charge is 0.243 e. The van der Waals surface area contributed by atoms with Crippen molar-refractivity contribution in [3.63, 3.8) is 0 Å². The van der Waals surface area contributed by atoms with Gasteiger partial charge in [0.05, 0.1) is 22.9 Å². The summed E-state index contributed by atoms with van der Waals surface area (Å²) in [6, 6.07) is 1.64. The van der Waals surface area contributed by atoms with E-state index in [0.717, 1.165) is 36.4 Å². The van der Waals surface area contributed by atoms with Crippen molar-refractivity contribution >= 4 is 28.8 Å². The zero-order chi connectivity index (χ0) is 21.0. The molecule has 0 bridgehead atoms.